The molecule has 0 unspecified atom stereocenters. The van der Waals surface area contributed by atoms with Gasteiger partial charge in [-0.15, -0.1) is 0 Å². The first-order valence-electron chi connectivity index (χ1n) is 12.3. The van der Waals surface area contributed by atoms with Gasteiger partial charge in [-0.05, 0) is 75.3 Å². The number of carbonyl (C=O) groups excluding carboxylic acids is 2. The molecule has 190 valence electrons. The zero-order valence-electron chi connectivity index (χ0n) is 21.2. The number of hydrogen-bond acceptors (Lipinski definition) is 6. The second-order valence-electron chi connectivity index (χ2n) is 10.3. The number of esters is 1. The Labute approximate surface area is 207 Å². The van der Waals surface area contributed by atoms with Crippen molar-refractivity contribution in [1.82, 2.24) is 10.2 Å². The van der Waals surface area contributed by atoms with E-state index in [2.05, 4.69) is 21.9 Å². The van der Waals surface area contributed by atoms with Gasteiger partial charge in [-0.3, -0.25) is 9.69 Å². The Morgan fingerprint density at radius 2 is 1.91 bits per heavy atom. The number of nitrogens with one attached hydrogen (secondary N) is 1. The van der Waals surface area contributed by atoms with E-state index in [0.29, 0.717) is 25.0 Å². The molecule has 7 heteroatoms. The summed E-state index contributed by atoms with van der Waals surface area (Å²) in [6.07, 6.45) is 2.23. The maximum absolute atomic E-state index is 14.6. The van der Waals surface area contributed by atoms with E-state index in [0.717, 1.165) is 55.7 Å². The van der Waals surface area contributed by atoms with Crippen LogP contribution in [-0.4, -0.2) is 48.6 Å². The number of ether oxygens (including phenoxy) is 2. The third kappa shape index (κ3) is 8.75. The van der Waals surface area contributed by atoms with Crippen LogP contribution < -0.4 is 5.32 Å². The third-order valence-corrected chi connectivity index (χ3v) is 5.87. The van der Waals surface area contributed by atoms with Crippen LogP contribution in [0.2, 0.25) is 0 Å². The van der Waals surface area contributed by atoms with Gasteiger partial charge in [0.2, 0.25) is 0 Å². The molecule has 0 spiro atoms. The molecule has 0 radical (unpaired) electrons. The van der Waals surface area contributed by atoms with Gasteiger partial charge in [0.1, 0.15) is 18.0 Å². The summed E-state index contributed by atoms with van der Waals surface area (Å²) >= 11 is 0. The summed E-state index contributed by atoms with van der Waals surface area (Å²) in [5.41, 5.74) is 2.58. The topological polar surface area (TPSA) is 67.9 Å². The minimum absolute atomic E-state index is 0.0641. The smallest absolute Gasteiger partial charge is 0.341 e. The molecule has 35 heavy (non-hydrogen) atoms. The van der Waals surface area contributed by atoms with Gasteiger partial charge in [0.15, 0.2) is 0 Å². The molecular formula is C28H37FN2O4. The van der Waals surface area contributed by atoms with Crippen molar-refractivity contribution >= 4 is 12.4 Å². The molecule has 0 aromatic heterocycles. The zero-order valence-corrected chi connectivity index (χ0v) is 21.2. The summed E-state index contributed by atoms with van der Waals surface area (Å²) in [5, 5.41) is 3.43. The summed E-state index contributed by atoms with van der Waals surface area (Å²) in [6, 6.07) is 13.3. The Kier molecular flexibility index (Phi) is 9.40. The predicted octanol–water partition coefficient (Wildman–Crippen LogP) is 4.81. The van der Waals surface area contributed by atoms with E-state index >= 15 is 0 Å². The summed E-state index contributed by atoms with van der Waals surface area (Å²) in [6.45, 7) is 12.0. The predicted molar refractivity (Wildman–Crippen MR) is 134 cm³/mol. The fourth-order valence-electron chi connectivity index (χ4n) is 4.13. The van der Waals surface area contributed by atoms with Crippen LogP contribution in [0.25, 0.3) is 0 Å². The lowest BCUT2D eigenvalue weighted by atomic mass is 9.98. The van der Waals surface area contributed by atoms with Gasteiger partial charge >= 0.3 is 5.97 Å². The van der Waals surface area contributed by atoms with E-state index in [1.165, 1.54) is 0 Å². The van der Waals surface area contributed by atoms with Crippen LogP contribution in [0.15, 0.2) is 42.5 Å². The van der Waals surface area contributed by atoms with Crippen molar-refractivity contribution in [3.8, 4) is 0 Å². The molecule has 2 aliphatic rings. The monoisotopic (exact) mass is 484 g/mol. The molecular weight excluding hydrogens is 447 g/mol. The Balaban J connectivity index is 0.000000287. The summed E-state index contributed by atoms with van der Waals surface area (Å²) in [4.78, 5) is 24.5. The summed E-state index contributed by atoms with van der Waals surface area (Å²) < 4.78 is 24.5. The lowest BCUT2D eigenvalue weighted by Gasteiger charge is -2.32. The number of benzene rings is 2. The number of halogens is 1. The van der Waals surface area contributed by atoms with Crippen molar-refractivity contribution in [2.45, 2.75) is 71.2 Å². The molecule has 2 aromatic rings. The molecule has 2 aromatic carbocycles. The van der Waals surface area contributed by atoms with E-state index in [-0.39, 0.29) is 5.56 Å². The lowest BCUT2D eigenvalue weighted by molar-refractivity contribution is -0.129. The Bertz CT molecular complexity index is 986. The van der Waals surface area contributed by atoms with Gasteiger partial charge in [0.05, 0.1) is 5.56 Å². The van der Waals surface area contributed by atoms with E-state index in [4.69, 9.17) is 4.74 Å². The number of rotatable bonds is 7. The maximum Gasteiger partial charge on any atom is 0.341 e. The fourth-order valence-corrected chi connectivity index (χ4v) is 4.13. The maximum atomic E-state index is 14.6. The molecule has 1 N–H and O–H groups in total. The second-order valence-corrected chi connectivity index (χ2v) is 10.3. The highest BCUT2D eigenvalue weighted by Crippen LogP contribution is 2.43. The van der Waals surface area contributed by atoms with Crippen LogP contribution in [0.4, 0.5) is 4.39 Å². The van der Waals surface area contributed by atoms with Crippen molar-refractivity contribution in [3.63, 3.8) is 0 Å². The van der Waals surface area contributed by atoms with Crippen LogP contribution in [0.3, 0.4) is 0 Å². The van der Waals surface area contributed by atoms with Crippen molar-refractivity contribution < 1.29 is 23.5 Å². The van der Waals surface area contributed by atoms with Crippen LogP contribution in [0, 0.1) is 5.82 Å². The number of nitrogens with zero attached hydrogens (tertiary/aromatic N) is 1. The number of hydrogen-bond donors (Lipinski definition) is 1. The minimum atomic E-state index is -0.626. The van der Waals surface area contributed by atoms with Gasteiger partial charge in [-0.1, -0.05) is 30.3 Å². The Morgan fingerprint density at radius 3 is 2.51 bits per heavy atom. The SMILES string of the molecule is C[C@H]1CN(Cc2cc(F)c(C(=O)OC(C)(C)C)cc2C2CC2)CCN1.O=COCc1ccccc1. The molecule has 1 aliphatic carbocycles. The van der Waals surface area contributed by atoms with Crippen molar-refractivity contribution in [3.05, 3.63) is 70.5 Å². The molecule has 0 bridgehead atoms. The van der Waals surface area contributed by atoms with Crippen molar-refractivity contribution in [2.24, 2.45) is 0 Å². The normalized spacial score (nSPS) is 18.3. The van der Waals surface area contributed by atoms with E-state index < -0.39 is 17.4 Å². The Morgan fingerprint density at radius 1 is 1.20 bits per heavy atom. The Hall–Kier alpha value is -2.77. The first-order valence-corrected chi connectivity index (χ1v) is 12.3. The first-order chi connectivity index (χ1) is 16.7. The quantitative estimate of drug-likeness (QED) is 0.449. The molecule has 1 saturated heterocycles. The number of carbonyl (C=O) groups is 2. The van der Waals surface area contributed by atoms with E-state index in [1.807, 2.05) is 30.3 Å². The molecule has 4 rings (SSSR count). The molecule has 6 nitrogen and oxygen atoms in total. The molecule has 1 aliphatic heterocycles. The zero-order chi connectivity index (χ0) is 25.4. The van der Waals surface area contributed by atoms with Crippen molar-refractivity contribution in [2.75, 3.05) is 19.6 Å². The lowest BCUT2D eigenvalue weighted by Crippen LogP contribution is -2.48. The highest BCUT2D eigenvalue weighted by Gasteiger charge is 2.30. The van der Waals surface area contributed by atoms with Gasteiger partial charge in [0.25, 0.3) is 6.47 Å². The van der Waals surface area contributed by atoms with E-state index in [9.17, 15) is 14.0 Å². The average Bonchev–Trinajstić information content (AvgIpc) is 3.63. The summed E-state index contributed by atoms with van der Waals surface area (Å²) in [5.74, 6) is -0.594. The second kappa shape index (κ2) is 12.3. The van der Waals surface area contributed by atoms with Crippen LogP contribution in [0.5, 0.6) is 0 Å². The third-order valence-electron chi connectivity index (χ3n) is 5.87. The minimum Gasteiger partial charge on any atom is -0.463 e. The molecule has 2 fully saturated rings. The molecule has 0 amide bonds. The highest BCUT2D eigenvalue weighted by atomic mass is 19.1. The highest BCUT2D eigenvalue weighted by molar-refractivity contribution is 5.90. The first kappa shape index (κ1) is 26.8. The van der Waals surface area contributed by atoms with Crippen LogP contribution in [0.1, 0.15) is 73.5 Å². The average molecular weight is 485 g/mol. The van der Waals surface area contributed by atoms with Crippen LogP contribution in [-0.2, 0) is 27.4 Å². The summed E-state index contributed by atoms with van der Waals surface area (Å²) in [7, 11) is 0. The van der Waals surface area contributed by atoms with Crippen molar-refractivity contribution in [1.29, 1.82) is 0 Å². The van der Waals surface area contributed by atoms with Gasteiger partial charge in [0, 0.05) is 32.2 Å². The largest absolute Gasteiger partial charge is 0.463 e. The molecule has 1 saturated carbocycles. The fraction of sp³-hybridized carbons (Fsp3) is 0.500. The standard InChI is InChI=1S/C20H29FN2O2.C8H8O2/c1-13-11-23(8-7-22-13)12-15-9-18(21)17(10-16(15)14-5-6-14)19(24)25-20(2,3)4;9-7-10-6-8-4-2-1-3-5-8/h9-10,13-14,22H,5-8,11-12H2,1-4H3;1-5,7H,6H2/t13-;/m0./s1. The molecule has 1 heterocycles. The van der Waals surface area contributed by atoms with Gasteiger partial charge < -0.3 is 14.8 Å². The van der Waals surface area contributed by atoms with Gasteiger partial charge in [-0.25, -0.2) is 9.18 Å². The molecule has 1 atom stereocenters. The van der Waals surface area contributed by atoms with Crippen LogP contribution >= 0.6 is 0 Å². The van der Waals surface area contributed by atoms with Gasteiger partial charge in [-0.2, -0.15) is 0 Å². The van der Waals surface area contributed by atoms with E-state index in [1.54, 1.807) is 32.9 Å². The number of piperazine rings is 1.